The topological polar surface area (TPSA) is 67.2 Å². The Morgan fingerprint density at radius 1 is 1.19 bits per heavy atom. The molecule has 32 heavy (non-hydrogen) atoms. The van der Waals surface area contributed by atoms with Gasteiger partial charge in [0.1, 0.15) is 0 Å². The van der Waals surface area contributed by atoms with Crippen molar-refractivity contribution in [3.63, 3.8) is 0 Å². The minimum atomic E-state index is -0.824. The summed E-state index contributed by atoms with van der Waals surface area (Å²) in [7, 11) is 0. The van der Waals surface area contributed by atoms with Crippen LogP contribution in [0.3, 0.4) is 0 Å². The molecule has 2 aromatic carbocycles. The number of aromatic nitrogens is 2. The van der Waals surface area contributed by atoms with Crippen LogP contribution in [0.5, 0.6) is 0 Å². The summed E-state index contributed by atoms with van der Waals surface area (Å²) in [4.78, 5) is 16.2. The van der Waals surface area contributed by atoms with E-state index < -0.39 is 5.97 Å². The number of carbonyl (C=O) groups is 1. The van der Waals surface area contributed by atoms with Crippen LogP contribution in [0.15, 0.2) is 42.5 Å². The van der Waals surface area contributed by atoms with Gasteiger partial charge in [0.25, 0.3) is 0 Å². The molecule has 0 unspecified atom stereocenters. The Bertz CT molecular complexity index is 1110. The van der Waals surface area contributed by atoms with Gasteiger partial charge in [-0.3, -0.25) is 4.79 Å². The summed E-state index contributed by atoms with van der Waals surface area (Å²) in [6.45, 7) is 11.5. The predicted molar refractivity (Wildman–Crippen MR) is 131 cm³/mol. The number of imidazole rings is 1. The van der Waals surface area contributed by atoms with Gasteiger partial charge in [-0.15, -0.1) is 0 Å². The SMILES string of the molecule is CC(C)c1ccc(Nc2nc3cc(CC(=O)O)ccc3n2[C@@H]2C[C@@H](C)CC(C)(C)C2)cc1. The second-order valence-corrected chi connectivity index (χ2v) is 10.7. The molecule has 4 rings (SSSR count). The number of benzene rings is 2. The standard InChI is InChI=1S/C27H35N3O2/c1-17(2)20-7-9-21(10-8-20)28-26-29-23-13-19(14-25(31)32)6-11-24(23)30(26)22-12-18(3)15-27(4,5)16-22/h6-11,13,17-18,22H,12,14-16H2,1-5H3,(H,28,29)(H,31,32)/t18-,22-/m1/s1. The quantitative estimate of drug-likeness (QED) is 0.443. The molecule has 3 aromatic rings. The largest absolute Gasteiger partial charge is 0.481 e. The molecule has 1 aromatic heterocycles. The van der Waals surface area contributed by atoms with Gasteiger partial charge in [-0.05, 0) is 71.9 Å². The molecule has 0 radical (unpaired) electrons. The lowest BCUT2D eigenvalue weighted by Crippen LogP contribution is -2.29. The maximum absolute atomic E-state index is 11.2. The summed E-state index contributed by atoms with van der Waals surface area (Å²) in [6, 6.07) is 14.8. The lowest BCUT2D eigenvalue weighted by atomic mass is 9.70. The molecule has 0 aliphatic heterocycles. The van der Waals surface area contributed by atoms with Crippen LogP contribution in [-0.2, 0) is 11.2 Å². The molecule has 5 heteroatoms. The zero-order chi connectivity index (χ0) is 23.0. The number of nitrogens with one attached hydrogen (secondary N) is 1. The average Bonchev–Trinajstić information content (AvgIpc) is 3.03. The van der Waals surface area contributed by atoms with Crippen LogP contribution in [0.4, 0.5) is 11.6 Å². The van der Waals surface area contributed by atoms with Crippen LogP contribution < -0.4 is 5.32 Å². The molecule has 1 heterocycles. The van der Waals surface area contributed by atoms with Crippen LogP contribution in [0.2, 0.25) is 0 Å². The van der Waals surface area contributed by atoms with E-state index in [9.17, 15) is 9.90 Å². The van der Waals surface area contributed by atoms with Gasteiger partial charge in [0, 0.05) is 11.7 Å². The van der Waals surface area contributed by atoms with E-state index in [0.717, 1.165) is 41.1 Å². The molecular weight excluding hydrogens is 398 g/mol. The normalized spacial score (nSPS) is 20.6. The second-order valence-electron chi connectivity index (χ2n) is 10.7. The summed E-state index contributed by atoms with van der Waals surface area (Å²) in [5.74, 6) is 1.15. The van der Waals surface area contributed by atoms with E-state index in [4.69, 9.17) is 4.98 Å². The molecule has 0 saturated heterocycles. The molecule has 0 bridgehead atoms. The van der Waals surface area contributed by atoms with Crippen LogP contribution in [-0.4, -0.2) is 20.6 Å². The fourth-order valence-electron chi connectivity index (χ4n) is 5.46. The Morgan fingerprint density at radius 3 is 2.53 bits per heavy atom. The van der Waals surface area contributed by atoms with Crippen molar-refractivity contribution >= 4 is 28.6 Å². The lowest BCUT2D eigenvalue weighted by Gasteiger charge is -2.40. The van der Waals surface area contributed by atoms with E-state index in [1.165, 1.54) is 12.0 Å². The number of rotatable bonds is 6. The van der Waals surface area contributed by atoms with Crippen molar-refractivity contribution in [1.29, 1.82) is 0 Å². The van der Waals surface area contributed by atoms with E-state index in [0.29, 0.717) is 17.9 Å². The molecular formula is C27H35N3O2. The Balaban J connectivity index is 1.76. The highest BCUT2D eigenvalue weighted by Gasteiger charge is 2.34. The molecule has 170 valence electrons. The van der Waals surface area contributed by atoms with E-state index in [-0.39, 0.29) is 11.8 Å². The number of nitrogens with zero attached hydrogens (tertiary/aromatic N) is 2. The summed E-state index contributed by atoms with van der Waals surface area (Å²) >= 11 is 0. The fourth-order valence-corrected chi connectivity index (χ4v) is 5.46. The third kappa shape index (κ3) is 4.82. The molecule has 1 saturated carbocycles. The summed E-state index contributed by atoms with van der Waals surface area (Å²) in [5, 5.41) is 12.8. The maximum atomic E-state index is 11.2. The van der Waals surface area contributed by atoms with Gasteiger partial charge in [-0.1, -0.05) is 52.8 Å². The molecule has 5 nitrogen and oxygen atoms in total. The minimum absolute atomic E-state index is 0.00964. The first kappa shape index (κ1) is 22.4. The highest BCUT2D eigenvalue weighted by atomic mass is 16.4. The monoisotopic (exact) mass is 433 g/mol. The molecule has 0 amide bonds. The minimum Gasteiger partial charge on any atom is -0.481 e. The number of hydrogen-bond donors (Lipinski definition) is 2. The average molecular weight is 434 g/mol. The third-order valence-corrected chi connectivity index (χ3v) is 6.67. The van der Waals surface area contributed by atoms with Crippen LogP contribution in [0.1, 0.15) is 77.0 Å². The number of carboxylic acids is 1. The predicted octanol–water partition coefficient (Wildman–Crippen LogP) is 6.92. The summed E-state index contributed by atoms with van der Waals surface area (Å²) in [5.41, 5.74) is 5.29. The Labute approximate surface area is 190 Å². The molecule has 1 aliphatic carbocycles. The number of fused-ring (bicyclic) bond motifs is 1. The van der Waals surface area contributed by atoms with Crippen LogP contribution in [0, 0.1) is 11.3 Å². The Morgan fingerprint density at radius 2 is 1.91 bits per heavy atom. The number of hydrogen-bond acceptors (Lipinski definition) is 3. The number of carboxylic acid groups (broad SMARTS) is 1. The van der Waals surface area contributed by atoms with Gasteiger partial charge >= 0.3 is 5.97 Å². The van der Waals surface area contributed by atoms with Gasteiger partial charge in [0.15, 0.2) is 0 Å². The summed E-state index contributed by atoms with van der Waals surface area (Å²) in [6.07, 6.45) is 3.46. The van der Waals surface area contributed by atoms with Gasteiger partial charge in [-0.25, -0.2) is 4.98 Å². The number of aliphatic carboxylic acids is 1. The first-order valence-electron chi connectivity index (χ1n) is 11.7. The maximum Gasteiger partial charge on any atom is 0.307 e. The van der Waals surface area contributed by atoms with Crippen molar-refractivity contribution in [2.24, 2.45) is 11.3 Å². The zero-order valence-corrected chi connectivity index (χ0v) is 19.9. The highest BCUT2D eigenvalue weighted by molar-refractivity contribution is 5.82. The molecule has 2 N–H and O–H groups in total. The van der Waals surface area contributed by atoms with E-state index >= 15 is 0 Å². The smallest absolute Gasteiger partial charge is 0.307 e. The van der Waals surface area contributed by atoms with E-state index in [2.05, 4.69) is 68.8 Å². The van der Waals surface area contributed by atoms with Crippen molar-refractivity contribution in [1.82, 2.24) is 9.55 Å². The second kappa shape index (κ2) is 8.61. The highest BCUT2D eigenvalue weighted by Crippen LogP contribution is 2.46. The Kier molecular flexibility index (Phi) is 6.02. The van der Waals surface area contributed by atoms with Gasteiger partial charge in [0.2, 0.25) is 5.95 Å². The molecule has 1 aliphatic rings. The van der Waals surface area contributed by atoms with Crippen molar-refractivity contribution in [2.75, 3.05) is 5.32 Å². The fraction of sp³-hybridized carbons (Fsp3) is 0.481. The van der Waals surface area contributed by atoms with Gasteiger partial charge in [-0.2, -0.15) is 0 Å². The van der Waals surface area contributed by atoms with Crippen molar-refractivity contribution < 1.29 is 9.90 Å². The van der Waals surface area contributed by atoms with Gasteiger partial charge < -0.3 is 15.0 Å². The molecule has 1 fully saturated rings. The van der Waals surface area contributed by atoms with E-state index in [1.807, 2.05) is 18.2 Å². The van der Waals surface area contributed by atoms with Crippen LogP contribution in [0.25, 0.3) is 11.0 Å². The Hall–Kier alpha value is -2.82. The van der Waals surface area contributed by atoms with Crippen molar-refractivity contribution in [3.05, 3.63) is 53.6 Å². The zero-order valence-electron chi connectivity index (χ0n) is 19.9. The van der Waals surface area contributed by atoms with Crippen molar-refractivity contribution in [2.45, 2.75) is 72.3 Å². The molecule has 0 spiro atoms. The molecule has 2 atom stereocenters. The van der Waals surface area contributed by atoms with Crippen LogP contribution >= 0.6 is 0 Å². The lowest BCUT2D eigenvalue weighted by molar-refractivity contribution is -0.136. The number of anilines is 2. The first-order chi connectivity index (χ1) is 15.1. The third-order valence-electron chi connectivity index (χ3n) is 6.67. The first-order valence-corrected chi connectivity index (χ1v) is 11.7. The van der Waals surface area contributed by atoms with E-state index in [1.54, 1.807) is 0 Å². The van der Waals surface area contributed by atoms with Crippen molar-refractivity contribution in [3.8, 4) is 0 Å². The summed E-state index contributed by atoms with van der Waals surface area (Å²) < 4.78 is 2.35. The van der Waals surface area contributed by atoms with Gasteiger partial charge in [0.05, 0.1) is 17.5 Å².